The van der Waals surface area contributed by atoms with Crippen molar-refractivity contribution in [3.63, 3.8) is 0 Å². The van der Waals surface area contributed by atoms with Crippen LogP contribution in [0.25, 0.3) is 92.6 Å². The van der Waals surface area contributed by atoms with Gasteiger partial charge in [0.1, 0.15) is 6.17 Å². The van der Waals surface area contributed by atoms with Crippen LogP contribution in [-0.4, -0.2) is 0 Å². The van der Waals surface area contributed by atoms with Gasteiger partial charge in [0, 0.05) is 5.70 Å². The molecule has 2 nitrogen and oxygen atoms in total. The van der Waals surface area contributed by atoms with Crippen LogP contribution in [0.5, 0.6) is 0 Å². The topological polar surface area (TPSA) is 24.1 Å². The zero-order chi connectivity index (χ0) is 39.6. The highest BCUT2D eigenvalue weighted by molar-refractivity contribution is 6.28. The summed E-state index contributed by atoms with van der Waals surface area (Å²) in [4.78, 5) is 0. The van der Waals surface area contributed by atoms with Gasteiger partial charge in [-0.25, -0.2) is 0 Å². The molecule has 0 saturated heterocycles. The van der Waals surface area contributed by atoms with Gasteiger partial charge in [0.25, 0.3) is 0 Å². The van der Waals surface area contributed by atoms with E-state index in [1.807, 2.05) is 0 Å². The first-order chi connectivity index (χ1) is 29.8. The maximum absolute atomic E-state index is 3.96. The van der Waals surface area contributed by atoms with E-state index in [0.29, 0.717) is 0 Å². The maximum Gasteiger partial charge on any atom is 0.104 e. The Morgan fingerprint density at radius 3 is 1.50 bits per heavy atom. The van der Waals surface area contributed by atoms with Gasteiger partial charge in [0.2, 0.25) is 0 Å². The van der Waals surface area contributed by atoms with Crippen molar-refractivity contribution in [3.05, 3.63) is 235 Å². The number of hydrogen-bond acceptors (Lipinski definition) is 2. The van der Waals surface area contributed by atoms with Gasteiger partial charge in [-0.2, -0.15) is 0 Å². The third-order valence-electron chi connectivity index (χ3n) is 12.7. The second-order valence-corrected chi connectivity index (χ2v) is 16.1. The normalized spacial score (nSPS) is 15.5. The predicted octanol–water partition coefficient (Wildman–Crippen LogP) is 14.9. The second-order valence-electron chi connectivity index (χ2n) is 16.1. The monoisotopic (exact) mass is 764 g/mol. The lowest BCUT2D eigenvalue weighted by Gasteiger charge is -2.33. The van der Waals surface area contributed by atoms with E-state index < -0.39 is 0 Å². The molecule has 0 radical (unpaired) electrons. The molecule has 2 atom stereocenters. The number of rotatable bonds is 5. The Morgan fingerprint density at radius 2 is 0.817 bits per heavy atom. The minimum Gasteiger partial charge on any atom is -0.366 e. The smallest absolute Gasteiger partial charge is 0.104 e. The highest BCUT2D eigenvalue weighted by Gasteiger charge is 2.25. The highest BCUT2D eigenvalue weighted by Crippen LogP contribution is 2.46. The molecule has 0 aromatic heterocycles. The van der Waals surface area contributed by atoms with E-state index in [0.717, 1.165) is 11.3 Å². The van der Waals surface area contributed by atoms with Gasteiger partial charge in [-0.3, -0.25) is 5.32 Å². The lowest BCUT2D eigenvalue weighted by molar-refractivity contribution is 0.443. The van der Waals surface area contributed by atoms with Crippen molar-refractivity contribution >= 4 is 70.3 Å². The van der Waals surface area contributed by atoms with E-state index >= 15 is 0 Å². The molecule has 2 heteroatoms. The number of benzene rings is 11. The van der Waals surface area contributed by atoms with Crippen molar-refractivity contribution in [2.75, 3.05) is 0 Å². The molecule has 0 amide bonds. The third-order valence-corrected chi connectivity index (χ3v) is 12.7. The summed E-state index contributed by atoms with van der Waals surface area (Å²) < 4.78 is 0. The van der Waals surface area contributed by atoms with Crippen LogP contribution in [0.1, 0.15) is 28.9 Å². The molecule has 0 saturated carbocycles. The number of fused-ring (bicyclic) bond motifs is 10. The molecule has 1 aliphatic heterocycles. The van der Waals surface area contributed by atoms with E-state index in [1.54, 1.807) is 0 Å². The van der Waals surface area contributed by atoms with Crippen LogP contribution < -0.4 is 10.6 Å². The molecular weight excluding hydrogens is 725 g/mol. The zero-order valence-corrected chi connectivity index (χ0v) is 32.9. The minimum atomic E-state index is -0.0772. The van der Waals surface area contributed by atoms with Gasteiger partial charge in [-0.05, 0) is 116 Å². The van der Waals surface area contributed by atoms with E-state index in [-0.39, 0.29) is 12.2 Å². The number of nitrogens with one attached hydrogen (secondary N) is 2. The van der Waals surface area contributed by atoms with E-state index in [9.17, 15) is 0 Å². The fourth-order valence-electron chi connectivity index (χ4n) is 9.94. The minimum absolute atomic E-state index is 0.0209. The van der Waals surface area contributed by atoms with Crippen LogP contribution in [0.2, 0.25) is 0 Å². The van der Waals surface area contributed by atoms with E-state index in [2.05, 4.69) is 229 Å². The molecular formula is C58H40N2. The standard InChI is InChI=1S/C58H40N2/c1-3-16-39(17-4-1)56-50-26-14-13-25-49(50)55(51-34-31-37-15-7-8-20-43(37)57(51)56)40-29-27-38(28-30-40)53-36-54(60-58(59-53)41-18-5-2-6-19-41)42-32-33-48-46-23-10-9-21-44(46)45-22-11-12-24-47(45)52(48)35-42/h1-36,54,58-60H. The Kier molecular flexibility index (Phi) is 8.11. The van der Waals surface area contributed by atoms with Crippen LogP contribution in [0.4, 0.5) is 0 Å². The number of hydrogen-bond donors (Lipinski definition) is 2. The van der Waals surface area contributed by atoms with Gasteiger partial charge >= 0.3 is 0 Å². The van der Waals surface area contributed by atoms with Crippen LogP contribution >= 0.6 is 0 Å². The largest absolute Gasteiger partial charge is 0.366 e. The molecule has 0 bridgehead atoms. The fourth-order valence-corrected chi connectivity index (χ4v) is 9.94. The van der Waals surface area contributed by atoms with E-state index in [4.69, 9.17) is 0 Å². The quantitative estimate of drug-likeness (QED) is 0.135. The summed E-state index contributed by atoms with van der Waals surface area (Å²) in [6.07, 6.45) is 2.29. The Morgan fingerprint density at radius 1 is 0.317 bits per heavy atom. The van der Waals surface area contributed by atoms with Gasteiger partial charge in [0.15, 0.2) is 0 Å². The summed E-state index contributed by atoms with van der Waals surface area (Å²) in [6.45, 7) is 0. The van der Waals surface area contributed by atoms with Crippen molar-refractivity contribution < 1.29 is 0 Å². The summed E-state index contributed by atoms with van der Waals surface area (Å²) in [5.74, 6) is 0. The summed E-state index contributed by atoms with van der Waals surface area (Å²) in [5, 5.41) is 23.2. The Labute approximate surface area is 349 Å². The molecule has 12 rings (SSSR count). The molecule has 60 heavy (non-hydrogen) atoms. The summed E-state index contributed by atoms with van der Waals surface area (Å²) in [5.41, 5.74) is 9.70. The fraction of sp³-hybridized carbons (Fsp3) is 0.0345. The SMILES string of the molecule is C1=C(c2ccc(-c3c4ccccc4c(-c4ccccc4)c4c3ccc3ccccc34)cc2)NC(c2ccccc2)NC1c1ccc2c3ccccc3c3ccccc3c2c1. The third kappa shape index (κ3) is 5.61. The summed E-state index contributed by atoms with van der Waals surface area (Å²) >= 11 is 0. The van der Waals surface area contributed by atoms with Gasteiger partial charge in [0.05, 0.1) is 6.04 Å². The van der Waals surface area contributed by atoms with Gasteiger partial charge < -0.3 is 5.32 Å². The highest BCUT2D eigenvalue weighted by atomic mass is 15.2. The molecule has 2 N–H and O–H groups in total. The van der Waals surface area contributed by atoms with E-state index in [1.165, 1.54) is 98.0 Å². The van der Waals surface area contributed by atoms with Gasteiger partial charge in [-0.15, -0.1) is 0 Å². The van der Waals surface area contributed by atoms with Crippen molar-refractivity contribution in [1.29, 1.82) is 0 Å². The van der Waals surface area contributed by atoms with Crippen LogP contribution in [0.15, 0.2) is 218 Å². The molecule has 0 spiro atoms. The Bertz CT molecular complexity index is 3440. The van der Waals surface area contributed by atoms with Crippen LogP contribution in [0.3, 0.4) is 0 Å². The first-order valence-corrected chi connectivity index (χ1v) is 20.9. The Balaban J connectivity index is 1.01. The molecule has 11 aromatic carbocycles. The molecule has 0 fully saturated rings. The molecule has 1 heterocycles. The molecule has 2 unspecified atom stereocenters. The lowest BCUT2D eigenvalue weighted by atomic mass is 9.84. The first kappa shape index (κ1) is 34.5. The molecule has 0 aliphatic carbocycles. The van der Waals surface area contributed by atoms with Crippen LogP contribution in [0, 0.1) is 0 Å². The predicted molar refractivity (Wildman–Crippen MR) is 255 cm³/mol. The van der Waals surface area contributed by atoms with Crippen molar-refractivity contribution in [3.8, 4) is 22.3 Å². The molecule has 11 aromatic rings. The first-order valence-electron chi connectivity index (χ1n) is 20.9. The Hall–Kier alpha value is -7.52. The molecule has 1 aliphatic rings. The maximum atomic E-state index is 3.96. The summed E-state index contributed by atoms with van der Waals surface area (Å²) in [6, 6.07) is 77.8. The summed E-state index contributed by atoms with van der Waals surface area (Å²) in [7, 11) is 0. The zero-order valence-electron chi connectivity index (χ0n) is 32.9. The lowest BCUT2D eigenvalue weighted by Crippen LogP contribution is -2.39. The van der Waals surface area contributed by atoms with Crippen LogP contribution in [-0.2, 0) is 0 Å². The average Bonchev–Trinajstić information content (AvgIpc) is 3.33. The van der Waals surface area contributed by atoms with Crippen molar-refractivity contribution in [2.45, 2.75) is 12.2 Å². The van der Waals surface area contributed by atoms with Gasteiger partial charge in [-0.1, -0.05) is 206 Å². The second kappa shape index (κ2) is 14.1. The van der Waals surface area contributed by atoms with Crippen molar-refractivity contribution in [2.24, 2.45) is 0 Å². The average molecular weight is 765 g/mol. The van der Waals surface area contributed by atoms with Crippen molar-refractivity contribution in [1.82, 2.24) is 10.6 Å². The molecule has 282 valence electrons.